The summed E-state index contributed by atoms with van der Waals surface area (Å²) in [6.07, 6.45) is 0. The van der Waals surface area contributed by atoms with Gasteiger partial charge in [0.25, 0.3) is 0 Å². The molecular weight excluding hydrogens is 401 g/mol. The van der Waals surface area contributed by atoms with Crippen LogP contribution in [0.5, 0.6) is 11.5 Å². The van der Waals surface area contributed by atoms with Gasteiger partial charge < -0.3 is 9.47 Å². The van der Waals surface area contributed by atoms with Crippen molar-refractivity contribution in [2.75, 3.05) is 6.79 Å². The Kier molecular flexibility index (Phi) is 5.94. The zero-order valence-corrected chi connectivity index (χ0v) is 16.7. The van der Waals surface area contributed by atoms with E-state index >= 15 is 0 Å². The molecule has 2 nitrogen and oxygen atoms in total. The van der Waals surface area contributed by atoms with Crippen molar-refractivity contribution < 1.29 is 22.6 Å². The molecule has 4 aromatic carbocycles. The van der Waals surface area contributed by atoms with E-state index in [9.17, 15) is 13.2 Å². The molecule has 0 atom stereocenters. The molecule has 0 aliphatic rings. The third kappa shape index (κ3) is 4.89. The second-order valence-electron chi connectivity index (χ2n) is 7.07. The first-order chi connectivity index (χ1) is 15.0. The summed E-state index contributed by atoms with van der Waals surface area (Å²) in [7, 11) is 0. The zero-order chi connectivity index (χ0) is 21.8. The van der Waals surface area contributed by atoms with Gasteiger partial charge in [-0.1, -0.05) is 54.1 Å². The molecule has 0 saturated carbocycles. The minimum atomic E-state index is -0.597. The van der Waals surface area contributed by atoms with Gasteiger partial charge in [0, 0.05) is 0 Å². The van der Waals surface area contributed by atoms with E-state index in [1.165, 1.54) is 36.4 Å². The van der Waals surface area contributed by atoms with Gasteiger partial charge in [0.1, 0.15) is 5.82 Å². The van der Waals surface area contributed by atoms with Crippen LogP contribution in [-0.4, -0.2) is 6.79 Å². The summed E-state index contributed by atoms with van der Waals surface area (Å²) >= 11 is 0. The number of rotatable bonds is 6. The Morgan fingerprint density at radius 3 is 1.42 bits per heavy atom. The van der Waals surface area contributed by atoms with Crippen LogP contribution < -0.4 is 9.47 Å². The van der Waals surface area contributed by atoms with Gasteiger partial charge >= 0.3 is 0 Å². The lowest BCUT2D eigenvalue weighted by molar-refractivity contribution is 0.111. The Hall–Kier alpha value is -3.73. The highest BCUT2D eigenvalue weighted by molar-refractivity contribution is 5.65. The van der Waals surface area contributed by atoms with E-state index < -0.39 is 11.6 Å². The third-order valence-corrected chi connectivity index (χ3v) is 4.86. The molecule has 31 heavy (non-hydrogen) atoms. The molecule has 0 heterocycles. The van der Waals surface area contributed by atoms with E-state index in [0.29, 0.717) is 11.1 Å². The fourth-order valence-electron chi connectivity index (χ4n) is 3.14. The predicted octanol–water partition coefficient (Wildman–Crippen LogP) is 7.16. The number of hydrogen-bond donors (Lipinski definition) is 0. The van der Waals surface area contributed by atoms with Crippen molar-refractivity contribution in [2.45, 2.75) is 6.92 Å². The molecule has 0 fully saturated rings. The minimum absolute atomic E-state index is 0.0132. The smallest absolute Gasteiger partial charge is 0.231 e. The van der Waals surface area contributed by atoms with Gasteiger partial charge in [-0.05, 0) is 65.6 Å². The maximum Gasteiger partial charge on any atom is 0.231 e. The summed E-state index contributed by atoms with van der Waals surface area (Å²) in [5.74, 6) is -1.50. The number of benzene rings is 4. The highest BCUT2D eigenvalue weighted by atomic mass is 19.1. The molecule has 4 rings (SSSR count). The average Bonchev–Trinajstić information content (AvgIpc) is 2.77. The largest absolute Gasteiger partial charge is 0.454 e. The lowest BCUT2D eigenvalue weighted by Gasteiger charge is -2.12. The predicted molar refractivity (Wildman–Crippen MR) is 114 cm³/mol. The topological polar surface area (TPSA) is 18.5 Å². The highest BCUT2D eigenvalue weighted by Gasteiger charge is 2.09. The van der Waals surface area contributed by atoms with Crippen LogP contribution in [0.2, 0.25) is 0 Å². The van der Waals surface area contributed by atoms with Crippen LogP contribution in [0.4, 0.5) is 13.2 Å². The van der Waals surface area contributed by atoms with Crippen LogP contribution in [0, 0.1) is 24.4 Å². The van der Waals surface area contributed by atoms with Crippen molar-refractivity contribution in [3.05, 3.63) is 108 Å². The lowest BCUT2D eigenvalue weighted by Crippen LogP contribution is -2.07. The summed E-state index contributed by atoms with van der Waals surface area (Å²) < 4.78 is 52.4. The van der Waals surface area contributed by atoms with E-state index in [0.717, 1.165) is 16.7 Å². The van der Waals surface area contributed by atoms with Crippen molar-refractivity contribution in [1.29, 1.82) is 0 Å². The molecule has 0 aliphatic heterocycles. The molecule has 0 unspecified atom stereocenters. The summed E-state index contributed by atoms with van der Waals surface area (Å²) in [5.41, 5.74) is 4.02. The molecule has 0 aliphatic carbocycles. The quantitative estimate of drug-likeness (QED) is 0.308. The number of hydrogen-bond acceptors (Lipinski definition) is 2. The Morgan fingerprint density at radius 1 is 0.548 bits per heavy atom. The first-order valence-electron chi connectivity index (χ1n) is 9.67. The number of halogens is 3. The standard InChI is InChI=1S/C26H19F3O2/c1-17-2-4-18(5-3-17)20-8-12-25(23(28)14-20)30-16-31-26-13-9-21(15-24(26)29)19-6-10-22(27)11-7-19/h2-15H,16H2,1H3. The molecule has 0 radical (unpaired) electrons. The van der Waals surface area contributed by atoms with E-state index in [-0.39, 0.29) is 24.1 Å². The van der Waals surface area contributed by atoms with Crippen molar-refractivity contribution in [3.8, 4) is 33.8 Å². The van der Waals surface area contributed by atoms with Gasteiger partial charge in [-0.15, -0.1) is 0 Å². The van der Waals surface area contributed by atoms with Crippen LogP contribution in [0.3, 0.4) is 0 Å². The van der Waals surface area contributed by atoms with Gasteiger partial charge in [0.05, 0.1) is 0 Å². The third-order valence-electron chi connectivity index (χ3n) is 4.86. The maximum atomic E-state index is 14.4. The Bertz CT molecular complexity index is 1090. The summed E-state index contributed by atoms with van der Waals surface area (Å²) in [6.45, 7) is 1.63. The molecule has 0 saturated heterocycles. The fraction of sp³-hybridized carbons (Fsp3) is 0.0769. The summed E-state index contributed by atoms with van der Waals surface area (Å²) in [6, 6.07) is 22.6. The van der Waals surface area contributed by atoms with Crippen LogP contribution in [0.25, 0.3) is 22.3 Å². The normalized spacial score (nSPS) is 10.7. The monoisotopic (exact) mass is 420 g/mol. The highest BCUT2D eigenvalue weighted by Crippen LogP contribution is 2.28. The van der Waals surface area contributed by atoms with E-state index in [1.54, 1.807) is 24.3 Å². The summed E-state index contributed by atoms with van der Waals surface area (Å²) in [4.78, 5) is 0. The molecule has 0 bridgehead atoms. The molecule has 4 aromatic rings. The minimum Gasteiger partial charge on any atom is -0.454 e. The molecular formula is C26H19F3O2. The fourth-order valence-corrected chi connectivity index (χ4v) is 3.14. The van der Waals surface area contributed by atoms with E-state index in [4.69, 9.17) is 9.47 Å². The molecule has 0 N–H and O–H groups in total. The maximum absolute atomic E-state index is 14.4. The SMILES string of the molecule is Cc1ccc(-c2ccc(OCOc3ccc(-c4ccc(F)cc4)cc3F)c(F)c2)cc1. The number of ether oxygens (including phenoxy) is 2. The second-order valence-corrected chi connectivity index (χ2v) is 7.07. The molecule has 156 valence electrons. The summed E-state index contributed by atoms with van der Waals surface area (Å²) in [5, 5.41) is 0. The zero-order valence-electron chi connectivity index (χ0n) is 16.7. The first-order valence-corrected chi connectivity index (χ1v) is 9.67. The van der Waals surface area contributed by atoms with Crippen LogP contribution in [0.15, 0.2) is 84.9 Å². The van der Waals surface area contributed by atoms with Gasteiger partial charge in [-0.3, -0.25) is 0 Å². The van der Waals surface area contributed by atoms with Crippen molar-refractivity contribution in [1.82, 2.24) is 0 Å². The molecule has 0 aromatic heterocycles. The van der Waals surface area contributed by atoms with Crippen LogP contribution in [0.1, 0.15) is 5.56 Å². The first kappa shape index (κ1) is 20.5. The Morgan fingerprint density at radius 2 is 0.968 bits per heavy atom. The Labute approximate surface area is 178 Å². The van der Waals surface area contributed by atoms with Crippen LogP contribution in [-0.2, 0) is 0 Å². The van der Waals surface area contributed by atoms with E-state index in [2.05, 4.69) is 0 Å². The van der Waals surface area contributed by atoms with Gasteiger partial charge in [-0.2, -0.15) is 0 Å². The average molecular weight is 420 g/mol. The Balaban J connectivity index is 1.40. The second kappa shape index (κ2) is 8.96. The molecule has 0 spiro atoms. The molecule has 5 heteroatoms. The van der Waals surface area contributed by atoms with Crippen molar-refractivity contribution in [3.63, 3.8) is 0 Å². The lowest BCUT2D eigenvalue weighted by atomic mass is 10.0. The van der Waals surface area contributed by atoms with Crippen molar-refractivity contribution in [2.24, 2.45) is 0 Å². The van der Waals surface area contributed by atoms with E-state index in [1.807, 2.05) is 31.2 Å². The number of aryl methyl sites for hydroxylation is 1. The van der Waals surface area contributed by atoms with Crippen LogP contribution >= 0.6 is 0 Å². The molecule has 0 amide bonds. The van der Waals surface area contributed by atoms with Gasteiger partial charge in [0.2, 0.25) is 6.79 Å². The van der Waals surface area contributed by atoms with Crippen molar-refractivity contribution >= 4 is 0 Å². The van der Waals surface area contributed by atoms with Gasteiger partial charge in [0.15, 0.2) is 23.1 Å². The van der Waals surface area contributed by atoms with Gasteiger partial charge in [-0.25, -0.2) is 13.2 Å².